The first kappa shape index (κ1) is 9.59. The fraction of sp³-hybridized carbons (Fsp3) is 0.800. The van der Waals surface area contributed by atoms with E-state index in [1.165, 1.54) is 0 Å². The van der Waals surface area contributed by atoms with E-state index in [9.17, 15) is 0 Å². The number of hydrazine groups is 4. The Kier molecular flexibility index (Phi) is 3.60. The van der Waals surface area contributed by atoms with Gasteiger partial charge in [-0.2, -0.15) is 5.12 Å². The average Bonchev–Trinajstić information content (AvgIpc) is 2.47. The van der Waals surface area contributed by atoms with Gasteiger partial charge in [-0.15, -0.1) is 5.10 Å². The second-order valence-electron chi connectivity index (χ2n) is 2.00. The molecule has 0 fully saturated rings. The van der Waals surface area contributed by atoms with E-state index in [4.69, 9.17) is 0 Å². The first-order valence-electron chi connectivity index (χ1n) is 3.74. The Bertz CT molecular complexity index is 171. The number of amidine groups is 1. The zero-order valence-electron chi connectivity index (χ0n) is 7.46. The van der Waals surface area contributed by atoms with Crippen LogP contribution in [0.4, 0.5) is 0 Å². The summed E-state index contributed by atoms with van der Waals surface area (Å²) in [7, 11) is 3.65. The monoisotopic (exact) mass is 190 g/mol. The van der Waals surface area contributed by atoms with Crippen LogP contribution in [0.25, 0.3) is 0 Å². The molecule has 0 aliphatic carbocycles. The second kappa shape index (κ2) is 4.51. The van der Waals surface area contributed by atoms with Gasteiger partial charge in [0.05, 0.1) is 0 Å². The Labute approximate surface area is 76.2 Å². The lowest BCUT2D eigenvalue weighted by Crippen LogP contribution is -2.56. The molecule has 0 aromatic rings. The molecular formula is C5H14N6S. The van der Waals surface area contributed by atoms with Gasteiger partial charge in [0.1, 0.15) is 0 Å². The van der Waals surface area contributed by atoms with E-state index in [1.807, 2.05) is 14.1 Å². The van der Waals surface area contributed by atoms with Crippen LogP contribution in [-0.2, 0) is 0 Å². The van der Waals surface area contributed by atoms with Gasteiger partial charge >= 0.3 is 0 Å². The molecule has 3 N–H and O–H groups in total. The summed E-state index contributed by atoms with van der Waals surface area (Å²) in [6.07, 6.45) is 0. The number of hydrazone groups is 1. The Hall–Kier alpha value is -0.500. The molecule has 6 nitrogen and oxygen atoms in total. The molecule has 1 heterocycles. The topological polar surface area (TPSA) is 54.9 Å². The van der Waals surface area contributed by atoms with Gasteiger partial charge in [-0.3, -0.25) is 0 Å². The van der Waals surface area contributed by atoms with Gasteiger partial charge < -0.3 is 0 Å². The van der Waals surface area contributed by atoms with Crippen LogP contribution in [-0.4, -0.2) is 35.4 Å². The van der Waals surface area contributed by atoms with Crippen LogP contribution in [0.15, 0.2) is 5.10 Å². The third-order valence-electron chi connectivity index (χ3n) is 1.32. The highest BCUT2D eigenvalue weighted by Crippen LogP contribution is 2.10. The Morgan fingerprint density at radius 2 is 2.25 bits per heavy atom. The van der Waals surface area contributed by atoms with Crippen LogP contribution in [0.5, 0.6) is 0 Å². The fourth-order valence-electron chi connectivity index (χ4n) is 0.836. The summed E-state index contributed by atoms with van der Waals surface area (Å²) in [5.41, 5.74) is 8.69. The molecule has 0 aromatic carbocycles. The van der Waals surface area contributed by atoms with Crippen molar-refractivity contribution in [3.63, 3.8) is 0 Å². The van der Waals surface area contributed by atoms with Gasteiger partial charge in [-0.05, 0) is 11.0 Å². The van der Waals surface area contributed by atoms with Crippen molar-refractivity contribution in [2.75, 3.05) is 19.8 Å². The Morgan fingerprint density at radius 1 is 1.50 bits per heavy atom. The maximum absolute atomic E-state index is 4.09. The van der Waals surface area contributed by atoms with Crippen molar-refractivity contribution in [1.82, 2.24) is 26.7 Å². The lowest BCUT2D eigenvalue weighted by atomic mass is 11.0. The summed E-state index contributed by atoms with van der Waals surface area (Å²) in [4.78, 5) is 0. The smallest absolute Gasteiger partial charge is 0.216 e. The molecule has 0 saturated carbocycles. The van der Waals surface area contributed by atoms with Crippen molar-refractivity contribution in [3.8, 4) is 0 Å². The first-order chi connectivity index (χ1) is 5.83. The maximum atomic E-state index is 4.09. The highest BCUT2D eigenvalue weighted by Gasteiger charge is 2.23. The third kappa shape index (κ3) is 1.81. The minimum Gasteiger partial charge on any atom is -0.218 e. The van der Waals surface area contributed by atoms with E-state index >= 15 is 0 Å². The van der Waals surface area contributed by atoms with Crippen LogP contribution < -0.4 is 16.4 Å². The van der Waals surface area contributed by atoms with Crippen molar-refractivity contribution in [2.24, 2.45) is 5.10 Å². The van der Waals surface area contributed by atoms with E-state index in [-0.39, 0.29) is 0 Å². The molecule has 0 spiro atoms. The molecule has 1 rings (SSSR count). The van der Waals surface area contributed by atoms with Crippen LogP contribution in [0.2, 0.25) is 0 Å². The molecule has 70 valence electrons. The van der Waals surface area contributed by atoms with Crippen LogP contribution >= 0.6 is 11.8 Å². The van der Waals surface area contributed by atoms with E-state index in [2.05, 4.69) is 28.4 Å². The van der Waals surface area contributed by atoms with E-state index in [1.54, 1.807) is 22.1 Å². The largest absolute Gasteiger partial charge is 0.218 e. The van der Waals surface area contributed by atoms with E-state index in [0.717, 1.165) is 10.9 Å². The predicted octanol–water partition coefficient (Wildman–Crippen LogP) is -0.683. The van der Waals surface area contributed by atoms with E-state index < -0.39 is 0 Å². The summed E-state index contributed by atoms with van der Waals surface area (Å²) < 4.78 is 0. The summed E-state index contributed by atoms with van der Waals surface area (Å²) >= 11 is 1.66. The molecule has 0 amide bonds. The standard InChI is InChI=1S/C5H14N6S/c1-4-12-5-8-9-11(7-3)10(5)6-2/h6-7,9H,4H2,1-3H3. The second-order valence-corrected chi connectivity index (χ2v) is 3.23. The molecule has 1 aliphatic heterocycles. The molecule has 1 aliphatic rings. The van der Waals surface area contributed by atoms with Gasteiger partial charge in [0, 0.05) is 14.1 Å². The number of nitrogens with zero attached hydrogens (tertiary/aromatic N) is 3. The molecule has 0 unspecified atom stereocenters. The molecule has 7 heteroatoms. The average molecular weight is 190 g/mol. The van der Waals surface area contributed by atoms with Gasteiger partial charge in [0.15, 0.2) is 0 Å². The number of rotatable bonds is 3. The van der Waals surface area contributed by atoms with Gasteiger partial charge in [0.25, 0.3) is 0 Å². The number of nitrogens with one attached hydrogen (secondary N) is 3. The number of thioether (sulfide) groups is 1. The third-order valence-corrected chi connectivity index (χ3v) is 2.13. The van der Waals surface area contributed by atoms with Crippen molar-refractivity contribution in [2.45, 2.75) is 6.92 Å². The molecule has 0 aromatic heterocycles. The maximum Gasteiger partial charge on any atom is 0.216 e. The molecule has 12 heavy (non-hydrogen) atoms. The Morgan fingerprint density at radius 3 is 2.75 bits per heavy atom. The van der Waals surface area contributed by atoms with E-state index in [0.29, 0.717) is 0 Å². The summed E-state index contributed by atoms with van der Waals surface area (Å²) in [6.45, 7) is 2.09. The van der Waals surface area contributed by atoms with Gasteiger partial charge in [0.2, 0.25) is 5.17 Å². The first-order valence-corrected chi connectivity index (χ1v) is 4.73. The molecular weight excluding hydrogens is 176 g/mol. The molecule has 0 atom stereocenters. The number of hydrogen-bond acceptors (Lipinski definition) is 7. The minimum absolute atomic E-state index is 0.898. The Balaban J connectivity index is 2.52. The predicted molar refractivity (Wildman–Crippen MR) is 50.5 cm³/mol. The quantitative estimate of drug-likeness (QED) is 0.548. The van der Waals surface area contributed by atoms with Crippen molar-refractivity contribution >= 4 is 16.9 Å². The molecule has 0 saturated heterocycles. The fourth-order valence-corrected chi connectivity index (χ4v) is 1.49. The van der Waals surface area contributed by atoms with Crippen molar-refractivity contribution in [1.29, 1.82) is 0 Å². The summed E-state index contributed by atoms with van der Waals surface area (Å²) in [5, 5.41) is 8.42. The molecule has 0 bridgehead atoms. The lowest BCUT2D eigenvalue weighted by Gasteiger charge is -2.25. The highest BCUT2D eigenvalue weighted by atomic mass is 32.2. The highest BCUT2D eigenvalue weighted by molar-refractivity contribution is 8.13. The normalized spacial score (nSPS) is 17.9. The van der Waals surface area contributed by atoms with Gasteiger partial charge in [-0.25, -0.2) is 16.4 Å². The van der Waals surface area contributed by atoms with Gasteiger partial charge in [-0.1, -0.05) is 18.7 Å². The SMILES string of the molecule is CCSC1=NNN(NC)N1NC. The van der Waals surface area contributed by atoms with Crippen LogP contribution in [0.3, 0.4) is 0 Å². The lowest BCUT2D eigenvalue weighted by molar-refractivity contribution is -0.0573. The zero-order valence-corrected chi connectivity index (χ0v) is 8.27. The summed E-state index contributed by atoms with van der Waals surface area (Å²) in [6, 6.07) is 0. The summed E-state index contributed by atoms with van der Waals surface area (Å²) in [5.74, 6) is 0.996. The van der Waals surface area contributed by atoms with Crippen molar-refractivity contribution in [3.05, 3.63) is 0 Å². The zero-order chi connectivity index (χ0) is 8.97. The van der Waals surface area contributed by atoms with Crippen molar-refractivity contribution < 1.29 is 0 Å². The molecule has 0 radical (unpaired) electrons. The minimum atomic E-state index is 0.898. The van der Waals surface area contributed by atoms with Crippen LogP contribution in [0.1, 0.15) is 6.92 Å². The number of hydrogen-bond donors (Lipinski definition) is 3. The van der Waals surface area contributed by atoms with Crippen LogP contribution in [0, 0.1) is 0 Å².